The average molecular weight is 400 g/mol. The zero-order valence-corrected chi connectivity index (χ0v) is 16.6. The van der Waals surface area contributed by atoms with Crippen molar-refractivity contribution in [2.75, 3.05) is 0 Å². The molecule has 3 heterocycles. The first-order chi connectivity index (χ1) is 14.6. The van der Waals surface area contributed by atoms with Crippen LogP contribution in [0, 0.1) is 12.7 Å². The molecule has 2 aromatic carbocycles. The van der Waals surface area contributed by atoms with Crippen molar-refractivity contribution in [3.05, 3.63) is 101 Å². The van der Waals surface area contributed by atoms with E-state index in [0.717, 1.165) is 28.3 Å². The summed E-state index contributed by atoms with van der Waals surface area (Å²) in [5.74, 6) is 0.671. The van der Waals surface area contributed by atoms with Gasteiger partial charge in [-0.15, -0.1) is 0 Å². The lowest BCUT2D eigenvalue weighted by Crippen LogP contribution is -2.27. The largest absolute Gasteiger partial charge is 0.332 e. The predicted molar refractivity (Wildman–Crippen MR) is 112 cm³/mol. The number of aryl methyl sites for hydroxylation is 1. The van der Waals surface area contributed by atoms with Gasteiger partial charge in [-0.25, -0.2) is 9.07 Å². The monoisotopic (exact) mass is 400 g/mol. The van der Waals surface area contributed by atoms with Crippen LogP contribution in [0.1, 0.15) is 22.4 Å². The van der Waals surface area contributed by atoms with Gasteiger partial charge in [0.15, 0.2) is 0 Å². The molecule has 0 radical (unpaired) electrons. The molecule has 5 nitrogen and oxygen atoms in total. The second-order valence-electron chi connectivity index (χ2n) is 7.64. The van der Waals surface area contributed by atoms with Gasteiger partial charge in [-0.2, -0.15) is 5.10 Å². The molecule has 0 atom stereocenters. The molecule has 5 rings (SSSR count). The van der Waals surface area contributed by atoms with Crippen LogP contribution in [0.2, 0.25) is 0 Å². The van der Waals surface area contributed by atoms with E-state index in [9.17, 15) is 9.18 Å². The van der Waals surface area contributed by atoms with E-state index < -0.39 is 0 Å². The molecule has 4 aromatic rings. The maximum Gasteiger partial charge on any atom is 0.227 e. The van der Waals surface area contributed by atoms with Crippen molar-refractivity contribution in [1.82, 2.24) is 19.2 Å². The number of hydrogen-bond acceptors (Lipinski definition) is 2. The van der Waals surface area contributed by atoms with Gasteiger partial charge in [0.2, 0.25) is 5.91 Å². The van der Waals surface area contributed by atoms with Crippen LogP contribution in [0.15, 0.2) is 73.1 Å². The molecule has 0 fully saturated rings. The lowest BCUT2D eigenvalue weighted by atomic mass is 10.1. The van der Waals surface area contributed by atoms with Crippen LogP contribution in [-0.2, 0) is 24.3 Å². The van der Waals surface area contributed by atoms with Gasteiger partial charge in [0, 0.05) is 18.0 Å². The molecule has 0 bridgehead atoms. The maximum absolute atomic E-state index is 13.1. The minimum atomic E-state index is -0.297. The summed E-state index contributed by atoms with van der Waals surface area (Å²) in [5, 5.41) is 4.85. The third kappa shape index (κ3) is 3.30. The molecule has 0 saturated carbocycles. The van der Waals surface area contributed by atoms with Gasteiger partial charge in [0.25, 0.3) is 0 Å². The molecule has 0 saturated heterocycles. The molecule has 0 aliphatic carbocycles. The number of amides is 1. The van der Waals surface area contributed by atoms with Gasteiger partial charge >= 0.3 is 0 Å². The standard InChI is InChI=1S/C24H21FN4O/c1-17-4-10-20(11-5-17)29-24(27-12-2-3-13-27)21-15-28(16-22(21)26-29)23(30)14-18-6-8-19(25)9-7-18/h2-13H,14-16H2,1H3. The Bertz CT molecular complexity index is 1190. The minimum Gasteiger partial charge on any atom is -0.332 e. The molecular weight excluding hydrogens is 379 g/mol. The second-order valence-corrected chi connectivity index (χ2v) is 7.64. The van der Waals surface area contributed by atoms with E-state index in [1.165, 1.54) is 17.7 Å². The van der Waals surface area contributed by atoms with Crippen molar-refractivity contribution >= 4 is 5.91 Å². The van der Waals surface area contributed by atoms with Crippen molar-refractivity contribution in [2.45, 2.75) is 26.4 Å². The van der Waals surface area contributed by atoms with Crippen LogP contribution in [-0.4, -0.2) is 25.2 Å². The Morgan fingerprint density at radius 1 is 1.00 bits per heavy atom. The van der Waals surface area contributed by atoms with Crippen molar-refractivity contribution in [2.24, 2.45) is 0 Å². The van der Waals surface area contributed by atoms with Gasteiger partial charge in [0.05, 0.1) is 30.9 Å². The number of halogens is 1. The van der Waals surface area contributed by atoms with Crippen LogP contribution >= 0.6 is 0 Å². The highest BCUT2D eigenvalue weighted by Crippen LogP contribution is 2.31. The van der Waals surface area contributed by atoms with Crippen molar-refractivity contribution in [3.8, 4) is 11.5 Å². The first kappa shape index (κ1) is 18.4. The third-order valence-corrected chi connectivity index (χ3v) is 5.48. The van der Waals surface area contributed by atoms with Crippen molar-refractivity contribution in [3.63, 3.8) is 0 Å². The zero-order valence-electron chi connectivity index (χ0n) is 16.6. The van der Waals surface area contributed by atoms with Gasteiger partial charge in [0.1, 0.15) is 11.6 Å². The van der Waals surface area contributed by atoms with E-state index in [1.807, 2.05) is 38.7 Å². The van der Waals surface area contributed by atoms with Gasteiger partial charge in [-0.3, -0.25) is 4.79 Å². The maximum atomic E-state index is 13.1. The van der Waals surface area contributed by atoms with Crippen molar-refractivity contribution in [1.29, 1.82) is 0 Å². The fourth-order valence-electron chi connectivity index (χ4n) is 3.87. The molecule has 1 aliphatic rings. The van der Waals surface area contributed by atoms with Crippen LogP contribution in [0.4, 0.5) is 4.39 Å². The summed E-state index contributed by atoms with van der Waals surface area (Å²) in [6, 6.07) is 18.3. The molecule has 1 amide bonds. The first-order valence-electron chi connectivity index (χ1n) is 9.92. The van der Waals surface area contributed by atoms with E-state index in [4.69, 9.17) is 5.10 Å². The van der Waals surface area contributed by atoms with Crippen LogP contribution < -0.4 is 0 Å². The Morgan fingerprint density at radius 3 is 2.40 bits per heavy atom. The van der Waals surface area contributed by atoms with Gasteiger partial charge in [-0.05, 0) is 48.9 Å². The molecule has 2 aromatic heterocycles. The molecule has 0 N–H and O–H groups in total. The van der Waals surface area contributed by atoms with E-state index in [0.29, 0.717) is 13.1 Å². The Balaban J connectivity index is 1.45. The fraction of sp³-hybridized carbons (Fsp3) is 0.167. The fourth-order valence-corrected chi connectivity index (χ4v) is 3.87. The number of fused-ring (bicyclic) bond motifs is 1. The summed E-state index contributed by atoms with van der Waals surface area (Å²) in [4.78, 5) is 14.7. The Kier molecular flexibility index (Phi) is 4.47. The van der Waals surface area contributed by atoms with Crippen LogP contribution in [0.25, 0.3) is 11.5 Å². The van der Waals surface area contributed by atoms with E-state index in [-0.39, 0.29) is 18.1 Å². The van der Waals surface area contributed by atoms with E-state index in [2.05, 4.69) is 31.2 Å². The molecule has 6 heteroatoms. The summed E-state index contributed by atoms with van der Waals surface area (Å²) in [6.07, 6.45) is 4.23. The van der Waals surface area contributed by atoms with Gasteiger partial charge in [-0.1, -0.05) is 29.8 Å². The smallest absolute Gasteiger partial charge is 0.227 e. The van der Waals surface area contributed by atoms with Crippen LogP contribution in [0.5, 0.6) is 0 Å². The Labute approximate surface area is 174 Å². The second kappa shape index (κ2) is 7.30. The number of aromatic nitrogens is 3. The quantitative estimate of drug-likeness (QED) is 0.515. The Hall–Kier alpha value is -3.67. The van der Waals surface area contributed by atoms with E-state index >= 15 is 0 Å². The SMILES string of the molecule is Cc1ccc(-n2nc3c(c2-n2cccc2)CN(C(=O)Cc2ccc(F)cc2)C3)cc1. The van der Waals surface area contributed by atoms with E-state index in [1.54, 1.807) is 12.1 Å². The van der Waals surface area contributed by atoms with Crippen molar-refractivity contribution < 1.29 is 9.18 Å². The highest BCUT2D eigenvalue weighted by Gasteiger charge is 2.31. The lowest BCUT2D eigenvalue weighted by molar-refractivity contribution is -0.131. The molecule has 1 aliphatic heterocycles. The predicted octanol–water partition coefficient (Wildman–Crippen LogP) is 4.20. The molecule has 30 heavy (non-hydrogen) atoms. The highest BCUT2D eigenvalue weighted by atomic mass is 19.1. The lowest BCUT2D eigenvalue weighted by Gasteiger charge is -2.17. The van der Waals surface area contributed by atoms with Crippen LogP contribution in [0.3, 0.4) is 0 Å². The summed E-state index contributed by atoms with van der Waals surface area (Å²) in [6.45, 7) is 3.04. The number of nitrogens with zero attached hydrogens (tertiary/aromatic N) is 4. The number of hydrogen-bond donors (Lipinski definition) is 0. The third-order valence-electron chi connectivity index (χ3n) is 5.48. The first-order valence-corrected chi connectivity index (χ1v) is 9.92. The topological polar surface area (TPSA) is 43.1 Å². The highest BCUT2D eigenvalue weighted by molar-refractivity contribution is 5.79. The summed E-state index contributed by atoms with van der Waals surface area (Å²) >= 11 is 0. The number of benzene rings is 2. The molecule has 0 spiro atoms. The summed E-state index contributed by atoms with van der Waals surface area (Å²) in [7, 11) is 0. The summed E-state index contributed by atoms with van der Waals surface area (Å²) < 4.78 is 17.1. The minimum absolute atomic E-state index is 0.0138. The Morgan fingerprint density at radius 2 is 1.70 bits per heavy atom. The number of carbonyl (C=O) groups is 1. The summed E-state index contributed by atoms with van der Waals surface area (Å²) in [5.41, 5.74) is 4.95. The normalized spacial score (nSPS) is 12.9. The number of carbonyl (C=O) groups excluding carboxylic acids is 1. The molecule has 0 unspecified atom stereocenters. The molecule has 150 valence electrons. The van der Waals surface area contributed by atoms with Gasteiger partial charge < -0.3 is 9.47 Å². The zero-order chi connectivity index (χ0) is 20.7. The molecular formula is C24H21FN4O. The average Bonchev–Trinajstić information content (AvgIpc) is 3.46. The number of rotatable bonds is 4.